The number of furan rings is 1. The van der Waals surface area contributed by atoms with Crippen molar-refractivity contribution in [2.45, 2.75) is 32.9 Å². The van der Waals surface area contributed by atoms with Crippen molar-refractivity contribution >= 4 is 16.9 Å². The molecule has 0 saturated heterocycles. The van der Waals surface area contributed by atoms with Crippen LogP contribution in [0.2, 0.25) is 0 Å². The van der Waals surface area contributed by atoms with Gasteiger partial charge in [-0.1, -0.05) is 30.3 Å². The number of ether oxygens (including phenoxy) is 2. The average molecular weight is 446 g/mol. The summed E-state index contributed by atoms with van der Waals surface area (Å²) in [5, 5.41) is 10.2. The van der Waals surface area contributed by atoms with Gasteiger partial charge in [-0.15, -0.1) is 0 Å². The first-order valence-electron chi connectivity index (χ1n) is 10.7. The number of fused-ring (bicyclic) bond motifs is 1. The van der Waals surface area contributed by atoms with Gasteiger partial charge in [-0.2, -0.15) is 0 Å². The van der Waals surface area contributed by atoms with Crippen LogP contribution in [0.1, 0.15) is 35.4 Å². The number of aryl methyl sites for hydroxylation is 1. The number of nitrogens with two attached hydrogens (primary N) is 1. The molecule has 3 aromatic carbocycles. The van der Waals surface area contributed by atoms with Crippen molar-refractivity contribution in [1.82, 2.24) is 0 Å². The standard InChI is InChI=1S/C27H27NO5/c1-16(28)18-5-4-6-19(11-18)20-8-10-25-23(12-20)24(17(2)33-25)15-32-26-14-22(31-3)9-7-21(26)13-27(29)30/h4-12,14,16H,13,15,28H2,1-3H3,(H,29,30). The maximum Gasteiger partial charge on any atom is 0.307 e. The van der Waals surface area contributed by atoms with Crippen LogP contribution in [0.15, 0.2) is 65.1 Å². The lowest BCUT2D eigenvalue weighted by Gasteiger charge is -2.12. The van der Waals surface area contributed by atoms with Gasteiger partial charge in [-0.3, -0.25) is 4.79 Å². The van der Waals surface area contributed by atoms with Crippen molar-refractivity contribution in [3.05, 3.63) is 83.1 Å². The van der Waals surface area contributed by atoms with Gasteiger partial charge in [0.15, 0.2) is 0 Å². The molecule has 6 heteroatoms. The Morgan fingerprint density at radius 3 is 2.61 bits per heavy atom. The molecule has 4 aromatic rings. The minimum Gasteiger partial charge on any atom is -0.497 e. The van der Waals surface area contributed by atoms with E-state index in [9.17, 15) is 9.90 Å². The topological polar surface area (TPSA) is 94.9 Å². The number of rotatable bonds is 8. The Bertz CT molecular complexity index is 1310. The summed E-state index contributed by atoms with van der Waals surface area (Å²) in [5.74, 6) is 0.915. The zero-order valence-electron chi connectivity index (χ0n) is 18.9. The Balaban J connectivity index is 1.68. The van der Waals surface area contributed by atoms with Crippen LogP contribution in [0, 0.1) is 6.92 Å². The molecule has 0 aliphatic rings. The van der Waals surface area contributed by atoms with Crippen LogP contribution in [-0.2, 0) is 17.8 Å². The predicted molar refractivity (Wildman–Crippen MR) is 128 cm³/mol. The second-order valence-electron chi connectivity index (χ2n) is 8.09. The summed E-state index contributed by atoms with van der Waals surface area (Å²) in [6.07, 6.45) is -0.134. The molecule has 6 nitrogen and oxygen atoms in total. The number of carbonyl (C=O) groups is 1. The Kier molecular flexibility index (Phi) is 6.38. The molecular formula is C27H27NO5. The molecule has 0 saturated carbocycles. The van der Waals surface area contributed by atoms with Gasteiger partial charge in [0, 0.05) is 28.6 Å². The lowest BCUT2D eigenvalue weighted by Crippen LogP contribution is -2.05. The van der Waals surface area contributed by atoms with Crippen LogP contribution in [0.4, 0.5) is 0 Å². The first-order valence-corrected chi connectivity index (χ1v) is 10.7. The highest BCUT2D eigenvalue weighted by Crippen LogP contribution is 2.33. The molecule has 0 amide bonds. The van der Waals surface area contributed by atoms with Crippen LogP contribution in [0.3, 0.4) is 0 Å². The van der Waals surface area contributed by atoms with E-state index in [0.717, 1.165) is 39.0 Å². The van der Waals surface area contributed by atoms with Gasteiger partial charge in [0.05, 0.1) is 13.5 Å². The van der Waals surface area contributed by atoms with Crippen molar-refractivity contribution in [2.24, 2.45) is 5.73 Å². The Labute approximate surface area is 192 Å². The summed E-state index contributed by atoms with van der Waals surface area (Å²) in [7, 11) is 1.56. The summed E-state index contributed by atoms with van der Waals surface area (Å²) >= 11 is 0. The average Bonchev–Trinajstić information content (AvgIpc) is 3.12. The van der Waals surface area contributed by atoms with Crippen LogP contribution >= 0.6 is 0 Å². The van der Waals surface area contributed by atoms with Crippen LogP contribution in [0.25, 0.3) is 22.1 Å². The normalized spacial score (nSPS) is 12.0. The zero-order valence-corrected chi connectivity index (χ0v) is 18.9. The van der Waals surface area contributed by atoms with E-state index in [1.807, 2.05) is 38.1 Å². The Morgan fingerprint density at radius 1 is 1.09 bits per heavy atom. The van der Waals surface area contributed by atoms with E-state index in [0.29, 0.717) is 17.1 Å². The van der Waals surface area contributed by atoms with Crippen molar-refractivity contribution in [1.29, 1.82) is 0 Å². The van der Waals surface area contributed by atoms with Gasteiger partial charge in [-0.05, 0) is 54.8 Å². The van der Waals surface area contributed by atoms with E-state index in [-0.39, 0.29) is 19.1 Å². The molecule has 3 N–H and O–H groups in total. The summed E-state index contributed by atoms with van der Waals surface area (Å²) in [4.78, 5) is 11.3. The molecule has 0 aliphatic carbocycles. The predicted octanol–water partition coefficient (Wildman–Crippen LogP) is 5.64. The quantitative estimate of drug-likeness (QED) is 0.364. The Morgan fingerprint density at radius 2 is 1.88 bits per heavy atom. The lowest BCUT2D eigenvalue weighted by atomic mass is 9.98. The molecule has 1 atom stereocenters. The van der Waals surface area contributed by atoms with Crippen molar-refractivity contribution in [3.8, 4) is 22.6 Å². The second kappa shape index (κ2) is 9.38. The summed E-state index contributed by atoms with van der Waals surface area (Å²) in [6, 6.07) is 19.4. The number of aliphatic carboxylic acids is 1. The van der Waals surface area contributed by atoms with E-state index >= 15 is 0 Å². The molecule has 0 fully saturated rings. The number of benzene rings is 3. The maximum absolute atomic E-state index is 11.3. The number of hydrogen-bond donors (Lipinski definition) is 2. The summed E-state index contributed by atoms with van der Waals surface area (Å²) in [6.45, 7) is 4.11. The molecule has 0 aliphatic heterocycles. The highest BCUT2D eigenvalue weighted by Gasteiger charge is 2.16. The van der Waals surface area contributed by atoms with Crippen LogP contribution in [0.5, 0.6) is 11.5 Å². The van der Waals surface area contributed by atoms with E-state index in [4.69, 9.17) is 19.6 Å². The van der Waals surface area contributed by atoms with Gasteiger partial charge in [0.2, 0.25) is 0 Å². The molecular weight excluding hydrogens is 418 g/mol. The fourth-order valence-corrected chi connectivity index (χ4v) is 3.89. The van der Waals surface area contributed by atoms with E-state index in [2.05, 4.69) is 18.2 Å². The third-order valence-electron chi connectivity index (χ3n) is 5.73. The monoisotopic (exact) mass is 445 g/mol. The number of methoxy groups -OCH3 is 1. The van der Waals surface area contributed by atoms with E-state index < -0.39 is 5.97 Å². The number of hydrogen-bond acceptors (Lipinski definition) is 5. The number of carboxylic acid groups (broad SMARTS) is 1. The molecule has 0 bridgehead atoms. The smallest absolute Gasteiger partial charge is 0.307 e. The molecule has 4 rings (SSSR count). The molecule has 33 heavy (non-hydrogen) atoms. The molecule has 1 aromatic heterocycles. The van der Waals surface area contributed by atoms with E-state index in [1.54, 1.807) is 25.3 Å². The summed E-state index contributed by atoms with van der Waals surface area (Å²) < 4.78 is 17.3. The SMILES string of the molecule is COc1ccc(CC(=O)O)c(OCc2c(C)oc3ccc(-c4cccc(C(C)N)c4)cc23)c1. The summed E-state index contributed by atoms with van der Waals surface area (Å²) in [5.41, 5.74) is 11.5. The zero-order chi connectivity index (χ0) is 23.5. The lowest BCUT2D eigenvalue weighted by molar-refractivity contribution is -0.136. The largest absolute Gasteiger partial charge is 0.497 e. The third-order valence-corrected chi connectivity index (χ3v) is 5.73. The first kappa shape index (κ1) is 22.4. The van der Waals surface area contributed by atoms with Gasteiger partial charge >= 0.3 is 5.97 Å². The van der Waals surface area contributed by atoms with Crippen molar-refractivity contribution in [3.63, 3.8) is 0 Å². The van der Waals surface area contributed by atoms with Gasteiger partial charge in [0.25, 0.3) is 0 Å². The minimum absolute atomic E-state index is 0.0447. The molecule has 0 radical (unpaired) electrons. The van der Waals surface area contributed by atoms with Crippen molar-refractivity contribution < 1.29 is 23.8 Å². The van der Waals surface area contributed by atoms with Crippen molar-refractivity contribution in [2.75, 3.05) is 7.11 Å². The molecule has 170 valence electrons. The molecule has 0 spiro atoms. The fraction of sp³-hybridized carbons (Fsp3) is 0.222. The van der Waals surface area contributed by atoms with Gasteiger partial charge in [0.1, 0.15) is 29.4 Å². The minimum atomic E-state index is -0.923. The van der Waals surface area contributed by atoms with Gasteiger partial charge in [-0.25, -0.2) is 0 Å². The maximum atomic E-state index is 11.3. The Hall–Kier alpha value is -3.77. The highest BCUT2D eigenvalue weighted by atomic mass is 16.5. The van der Waals surface area contributed by atoms with Crippen LogP contribution in [-0.4, -0.2) is 18.2 Å². The van der Waals surface area contributed by atoms with Gasteiger partial charge < -0.3 is 24.7 Å². The van der Waals surface area contributed by atoms with E-state index in [1.165, 1.54) is 0 Å². The molecule has 1 unspecified atom stereocenters. The molecule has 1 heterocycles. The number of carboxylic acids is 1. The van der Waals surface area contributed by atoms with Crippen LogP contribution < -0.4 is 15.2 Å². The third kappa shape index (κ3) is 4.86. The highest BCUT2D eigenvalue weighted by molar-refractivity contribution is 5.87. The second-order valence-corrected chi connectivity index (χ2v) is 8.09. The fourth-order valence-electron chi connectivity index (χ4n) is 3.89. The first-order chi connectivity index (χ1) is 15.9.